The second kappa shape index (κ2) is 8.04. The molecule has 1 saturated heterocycles. The minimum Gasteiger partial charge on any atom is -0.395 e. The minimum atomic E-state index is -0.771. The van der Waals surface area contributed by atoms with E-state index in [4.69, 9.17) is 5.11 Å². The predicted octanol–water partition coefficient (Wildman–Crippen LogP) is 3.27. The normalized spacial score (nSPS) is 14.0. The lowest BCUT2D eigenvalue weighted by atomic mass is 10.1. The van der Waals surface area contributed by atoms with Crippen LogP contribution < -0.4 is 15.5 Å². The van der Waals surface area contributed by atoms with Gasteiger partial charge in [-0.15, -0.1) is 5.10 Å². The first-order valence-electron chi connectivity index (χ1n) is 9.35. The zero-order valence-corrected chi connectivity index (χ0v) is 15.9. The lowest BCUT2D eigenvalue weighted by Gasteiger charge is -2.36. The lowest BCUT2D eigenvalue weighted by molar-refractivity contribution is 0.275. The van der Waals surface area contributed by atoms with Gasteiger partial charge in [0.25, 0.3) is 0 Å². The molecule has 1 aromatic heterocycles. The van der Waals surface area contributed by atoms with E-state index in [2.05, 4.69) is 20.7 Å². The quantitative estimate of drug-likeness (QED) is 0.563. The van der Waals surface area contributed by atoms with Crippen LogP contribution >= 0.6 is 0 Å². The van der Waals surface area contributed by atoms with Gasteiger partial charge >= 0.3 is 0 Å². The van der Waals surface area contributed by atoms with Gasteiger partial charge in [-0.25, -0.2) is 13.5 Å². The Morgan fingerprint density at radius 3 is 2.69 bits per heavy atom. The van der Waals surface area contributed by atoms with Gasteiger partial charge < -0.3 is 20.6 Å². The number of aliphatic hydroxyl groups excluding tert-OH is 1. The summed E-state index contributed by atoms with van der Waals surface area (Å²) in [5.41, 5.74) is 3.83. The minimum absolute atomic E-state index is 0. The molecule has 1 fully saturated rings. The van der Waals surface area contributed by atoms with E-state index in [1.54, 1.807) is 6.07 Å². The number of nitrogens with zero attached hydrogens (tertiary/aromatic N) is 4. The summed E-state index contributed by atoms with van der Waals surface area (Å²) in [5.74, 6) is -0.0559. The molecule has 0 unspecified atom stereocenters. The number of rotatable bonds is 7. The molecule has 0 bridgehead atoms. The molecule has 7 nitrogen and oxygen atoms in total. The zero-order chi connectivity index (χ0) is 20.4. The SMILES string of the molecule is Cc1cc(Nc2ncn(-c3cc(F)cc(NCCO)c3)n2)cc(N2CC(F)C2)c1.[HH]. The van der Waals surface area contributed by atoms with E-state index in [0.717, 1.165) is 16.9 Å². The summed E-state index contributed by atoms with van der Waals surface area (Å²) in [6.45, 7) is 3.05. The van der Waals surface area contributed by atoms with Gasteiger partial charge in [0, 0.05) is 25.0 Å². The van der Waals surface area contributed by atoms with Crippen molar-refractivity contribution < 1.29 is 15.3 Å². The van der Waals surface area contributed by atoms with Crippen LogP contribution in [0.3, 0.4) is 0 Å². The monoisotopic (exact) mass is 402 g/mol. The first-order valence-corrected chi connectivity index (χ1v) is 9.35. The fraction of sp³-hybridized carbons (Fsp3) is 0.300. The van der Waals surface area contributed by atoms with Crippen molar-refractivity contribution in [2.45, 2.75) is 13.1 Å². The third kappa shape index (κ3) is 4.45. The second-order valence-electron chi connectivity index (χ2n) is 7.05. The van der Waals surface area contributed by atoms with Gasteiger partial charge in [-0.3, -0.25) is 0 Å². The van der Waals surface area contributed by atoms with Crippen molar-refractivity contribution in [1.82, 2.24) is 14.8 Å². The molecule has 3 N–H and O–H groups in total. The fourth-order valence-corrected chi connectivity index (χ4v) is 3.24. The second-order valence-corrected chi connectivity index (χ2v) is 7.05. The van der Waals surface area contributed by atoms with Crippen LogP contribution in [0.4, 0.5) is 31.8 Å². The third-order valence-corrected chi connectivity index (χ3v) is 4.60. The highest BCUT2D eigenvalue weighted by Crippen LogP contribution is 2.28. The molecular formula is C20H24F2N6O. The molecule has 0 atom stereocenters. The summed E-state index contributed by atoms with van der Waals surface area (Å²) < 4.78 is 28.5. The molecule has 1 aliphatic heterocycles. The van der Waals surface area contributed by atoms with Crippen LogP contribution in [-0.2, 0) is 0 Å². The van der Waals surface area contributed by atoms with E-state index >= 15 is 0 Å². The van der Waals surface area contributed by atoms with Crippen molar-refractivity contribution in [3.63, 3.8) is 0 Å². The van der Waals surface area contributed by atoms with Gasteiger partial charge in [0.15, 0.2) is 0 Å². The molecule has 4 rings (SSSR count). The number of nitrogens with one attached hydrogen (secondary N) is 2. The molecule has 29 heavy (non-hydrogen) atoms. The average Bonchev–Trinajstić information content (AvgIpc) is 3.11. The van der Waals surface area contributed by atoms with Crippen molar-refractivity contribution in [2.75, 3.05) is 41.8 Å². The van der Waals surface area contributed by atoms with Crippen LogP contribution in [-0.4, -0.2) is 52.3 Å². The first-order chi connectivity index (χ1) is 14.0. The maximum absolute atomic E-state index is 13.9. The summed E-state index contributed by atoms with van der Waals surface area (Å²) in [6.07, 6.45) is 0.722. The van der Waals surface area contributed by atoms with Crippen LogP contribution in [0.1, 0.15) is 6.99 Å². The Bertz CT molecular complexity index is 1010. The molecule has 9 heteroatoms. The van der Waals surface area contributed by atoms with Crippen LogP contribution in [0.5, 0.6) is 0 Å². The van der Waals surface area contributed by atoms with Gasteiger partial charge in [-0.2, -0.15) is 4.98 Å². The number of alkyl halides is 1. The number of benzene rings is 2. The highest BCUT2D eigenvalue weighted by Gasteiger charge is 2.26. The Morgan fingerprint density at radius 2 is 1.93 bits per heavy atom. The molecule has 1 aliphatic rings. The van der Waals surface area contributed by atoms with Crippen LogP contribution in [0.2, 0.25) is 0 Å². The average molecular weight is 402 g/mol. The smallest absolute Gasteiger partial charge is 0.246 e. The Balaban J connectivity index is 0.00000256. The van der Waals surface area contributed by atoms with Crippen LogP contribution in [0.15, 0.2) is 42.7 Å². The molecule has 0 aliphatic carbocycles. The first kappa shape index (κ1) is 19.1. The van der Waals surface area contributed by atoms with Crippen LogP contribution in [0.25, 0.3) is 5.69 Å². The van der Waals surface area contributed by atoms with E-state index in [0.29, 0.717) is 37.0 Å². The van der Waals surface area contributed by atoms with Gasteiger partial charge in [0.2, 0.25) is 5.95 Å². The Labute approximate surface area is 168 Å². The van der Waals surface area contributed by atoms with Crippen molar-refractivity contribution >= 4 is 23.0 Å². The molecule has 154 valence electrons. The van der Waals surface area contributed by atoms with Crippen molar-refractivity contribution in [3.8, 4) is 5.69 Å². The van der Waals surface area contributed by atoms with E-state index < -0.39 is 12.0 Å². The molecule has 2 aromatic carbocycles. The highest BCUT2D eigenvalue weighted by atomic mass is 19.1. The summed E-state index contributed by atoms with van der Waals surface area (Å²) in [5, 5.41) is 19.4. The number of aliphatic hydroxyl groups is 1. The van der Waals surface area contributed by atoms with E-state index in [1.807, 2.05) is 30.0 Å². The maximum Gasteiger partial charge on any atom is 0.246 e. The summed E-state index contributed by atoms with van der Waals surface area (Å²) in [4.78, 5) is 6.22. The topological polar surface area (TPSA) is 78.2 Å². The third-order valence-electron chi connectivity index (χ3n) is 4.60. The summed E-state index contributed by atoms with van der Waals surface area (Å²) in [7, 11) is 0. The summed E-state index contributed by atoms with van der Waals surface area (Å²) >= 11 is 0. The maximum atomic E-state index is 13.9. The number of aryl methyl sites for hydroxylation is 1. The molecule has 3 aromatic rings. The van der Waals surface area contributed by atoms with Gasteiger partial charge in [0.05, 0.1) is 25.4 Å². The molecule has 0 spiro atoms. The molecule has 0 amide bonds. The Morgan fingerprint density at radius 1 is 1.14 bits per heavy atom. The highest BCUT2D eigenvalue weighted by molar-refractivity contribution is 5.65. The molecular weight excluding hydrogens is 378 g/mol. The molecule has 0 saturated carbocycles. The molecule has 2 heterocycles. The molecule has 0 radical (unpaired) electrons. The Hall–Kier alpha value is -3.20. The number of anilines is 4. The predicted molar refractivity (Wildman–Crippen MR) is 111 cm³/mol. The fourth-order valence-electron chi connectivity index (χ4n) is 3.24. The van der Waals surface area contributed by atoms with Gasteiger partial charge in [-0.05, 0) is 48.9 Å². The van der Waals surface area contributed by atoms with Crippen LogP contribution in [0, 0.1) is 12.7 Å². The standard InChI is InChI=1S/C20H22F2N6O.H2/c1-13-4-17(9-18(5-13)27-10-15(22)11-27)25-20-24-12-28(26-20)19-7-14(21)6-16(8-19)23-2-3-29;/h4-9,12,15,23,29H,2-3,10-11H2,1H3,(H,25,26);1H. The van der Waals surface area contributed by atoms with Crippen molar-refractivity contribution in [1.29, 1.82) is 0 Å². The lowest BCUT2D eigenvalue weighted by Crippen LogP contribution is -2.48. The van der Waals surface area contributed by atoms with Gasteiger partial charge in [-0.1, -0.05) is 0 Å². The van der Waals surface area contributed by atoms with E-state index in [9.17, 15) is 8.78 Å². The Kier molecular flexibility index (Phi) is 5.30. The largest absolute Gasteiger partial charge is 0.395 e. The van der Waals surface area contributed by atoms with E-state index in [1.165, 1.54) is 23.1 Å². The number of aromatic nitrogens is 3. The van der Waals surface area contributed by atoms with Crippen molar-refractivity contribution in [2.24, 2.45) is 0 Å². The van der Waals surface area contributed by atoms with E-state index in [-0.39, 0.29) is 8.03 Å². The number of halogens is 2. The number of hydrogen-bond acceptors (Lipinski definition) is 6. The number of hydrogen-bond donors (Lipinski definition) is 3. The van der Waals surface area contributed by atoms with Crippen molar-refractivity contribution in [3.05, 3.63) is 54.1 Å². The summed E-state index contributed by atoms with van der Waals surface area (Å²) in [6, 6.07) is 10.3. The zero-order valence-electron chi connectivity index (χ0n) is 15.9. The van der Waals surface area contributed by atoms with Gasteiger partial charge in [0.1, 0.15) is 18.3 Å².